The van der Waals surface area contributed by atoms with Crippen LogP contribution in [0.15, 0.2) is 18.2 Å². The van der Waals surface area contributed by atoms with E-state index in [1.807, 2.05) is 0 Å². The van der Waals surface area contributed by atoms with Crippen molar-refractivity contribution in [2.45, 2.75) is 13.3 Å². The Hall–Kier alpha value is -1.45. The Morgan fingerprint density at radius 2 is 2.07 bits per heavy atom. The number of carboxylic acid groups (broad SMARTS) is 1. The number of carbonyl (C=O) groups is 1. The van der Waals surface area contributed by atoms with E-state index in [-0.39, 0.29) is 6.42 Å². The van der Waals surface area contributed by atoms with Gasteiger partial charge in [-0.25, -0.2) is 8.78 Å². The first kappa shape index (κ1) is 10.6. The molecule has 0 radical (unpaired) electrons. The summed E-state index contributed by atoms with van der Waals surface area (Å²) in [4.78, 5) is 10.5. The van der Waals surface area contributed by atoms with E-state index in [2.05, 4.69) is 0 Å². The predicted molar refractivity (Wildman–Crippen MR) is 46.9 cm³/mol. The number of aliphatic carboxylic acids is 1. The fourth-order valence-corrected chi connectivity index (χ4v) is 1.11. The summed E-state index contributed by atoms with van der Waals surface area (Å²) in [6.45, 7) is 1.52. The lowest BCUT2D eigenvalue weighted by Gasteiger charge is -2.05. The van der Waals surface area contributed by atoms with Crippen LogP contribution in [0.2, 0.25) is 0 Å². The van der Waals surface area contributed by atoms with Gasteiger partial charge in [0.15, 0.2) is 11.6 Å². The highest BCUT2D eigenvalue weighted by atomic mass is 19.2. The average molecular weight is 200 g/mol. The molecule has 0 aromatic heterocycles. The zero-order chi connectivity index (χ0) is 10.7. The van der Waals surface area contributed by atoms with Crippen molar-refractivity contribution >= 4 is 5.97 Å². The van der Waals surface area contributed by atoms with Crippen LogP contribution in [0.3, 0.4) is 0 Å². The highest BCUT2D eigenvalue weighted by Gasteiger charge is 2.12. The van der Waals surface area contributed by atoms with Crippen molar-refractivity contribution in [3.8, 4) is 0 Å². The largest absolute Gasteiger partial charge is 0.481 e. The molecular weight excluding hydrogens is 190 g/mol. The van der Waals surface area contributed by atoms with E-state index in [0.717, 1.165) is 12.1 Å². The van der Waals surface area contributed by atoms with Gasteiger partial charge in [0.05, 0.1) is 5.92 Å². The van der Waals surface area contributed by atoms with E-state index in [0.29, 0.717) is 5.56 Å². The summed E-state index contributed by atoms with van der Waals surface area (Å²) >= 11 is 0. The van der Waals surface area contributed by atoms with Crippen LogP contribution >= 0.6 is 0 Å². The number of halogens is 2. The quantitative estimate of drug-likeness (QED) is 0.812. The summed E-state index contributed by atoms with van der Waals surface area (Å²) in [5.41, 5.74) is 0.485. The number of rotatable bonds is 3. The van der Waals surface area contributed by atoms with Gasteiger partial charge in [0.25, 0.3) is 0 Å². The predicted octanol–water partition coefficient (Wildman–Crippen LogP) is 2.23. The third-order valence-corrected chi connectivity index (χ3v) is 1.95. The lowest BCUT2D eigenvalue weighted by molar-refractivity contribution is -0.141. The van der Waals surface area contributed by atoms with Crippen molar-refractivity contribution < 1.29 is 18.7 Å². The Bertz CT molecular complexity index is 350. The van der Waals surface area contributed by atoms with Gasteiger partial charge in [-0.3, -0.25) is 4.79 Å². The Morgan fingerprint density at radius 1 is 1.43 bits per heavy atom. The third kappa shape index (κ3) is 2.52. The minimum Gasteiger partial charge on any atom is -0.481 e. The molecule has 0 aliphatic heterocycles. The number of benzene rings is 1. The average Bonchev–Trinajstić information content (AvgIpc) is 2.11. The molecule has 0 aliphatic rings. The van der Waals surface area contributed by atoms with Gasteiger partial charge in [0.1, 0.15) is 0 Å². The monoisotopic (exact) mass is 200 g/mol. The molecule has 1 aromatic rings. The van der Waals surface area contributed by atoms with Gasteiger partial charge in [-0.05, 0) is 24.1 Å². The Kier molecular flexibility index (Phi) is 3.17. The van der Waals surface area contributed by atoms with E-state index in [1.54, 1.807) is 0 Å². The molecule has 0 unspecified atom stereocenters. The molecule has 1 N–H and O–H groups in total. The van der Waals surface area contributed by atoms with Gasteiger partial charge < -0.3 is 5.11 Å². The van der Waals surface area contributed by atoms with Crippen LogP contribution in [0.1, 0.15) is 12.5 Å². The van der Waals surface area contributed by atoms with Crippen LogP contribution in [0.4, 0.5) is 8.78 Å². The first-order valence-electron chi connectivity index (χ1n) is 4.17. The Morgan fingerprint density at radius 3 is 2.57 bits per heavy atom. The highest BCUT2D eigenvalue weighted by molar-refractivity contribution is 5.69. The molecule has 0 heterocycles. The zero-order valence-corrected chi connectivity index (χ0v) is 7.63. The van der Waals surface area contributed by atoms with Gasteiger partial charge in [0, 0.05) is 0 Å². The molecule has 14 heavy (non-hydrogen) atoms. The minimum absolute atomic E-state index is 0.201. The molecule has 0 saturated heterocycles. The summed E-state index contributed by atoms with van der Waals surface area (Å²) in [7, 11) is 0. The molecule has 2 nitrogen and oxygen atoms in total. The summed E-state index contributed by atoms with van der Waals surface area (Å²) in [6, 6.07) is 3.41. The van der Waals surface area contributed by atoms with E-state index in [4.69, 9.17) is 5.11 Å². The number of carboxylic acids is 1. The van der Waals surface area contributed by atoms with Crippen LogP contribution in [0.25, 0.3) is 0 Å². The van der Waals surface area contributed by atoms with Crippen molar-refractivity contribution in [3.05, 3.63) is 35.4 Å². The van der Waals surface area contributed by atoms with E-state index in [1.165, 1.54) is 13.0 Å². The minimum atomic E-state index is -0.949. The standard InChI is InChI=1S/C10H10F2O2/c1-6(10(13)14)4-7-2-3-8(11)9(12)5-7/h2-3,5-6H,4H2,1H3,(H,13,14)/t6-/m1/s1. The molecule has 76 valence electrons. The van der Waals surface area contributed by atoms with Gasteiger partial charge in [-0.2, -0.15) is 0 Å². The third-order valence-electron chi connectivity index (χ3n) is 1.95. The first-order chi connectivity index (χ1) is 6.50. The maximum Gasteiger partial charge on any atom is 0.306 e. The topological polar surface area (TPSA) is 37.3 Å². The fourth-order valence-electron chi connectivity index (χ4n) is 1.11. The van der Waals surface area contributed by atoms with Crippen LogP contribution < -0.4 is 0 Å². The molecule has 1 aromatic carbocycles. The van der Waals surface area contributed by atoms with Gasteiger partial charge in [0.2, 0.25) is 0 Å². The van der Waals surface area contributed by atoms with Crippen molar-refractivity contribution in [2.24, 2.45) is 5.92 Å². The smallest absolute Gasteiger partial charge is 0.306 e. The van der Waals surface area contributed by atoms with Crippen molar-refractivity contribution in [1.29, 1.82) is 0 Å². The highest BCUT2D eigenvalue weighted by Crippen LogP contribution is 2.12. The lowest BCUT2D eigenvalue weighted by Crippen LogP contribution is -2.12. The van der Waals surface area contributed by atoms with E-state index >= 15 is 0 Å². The molecule has 4 heteroatoms. The van der Waals surface area contributed by atoms with Crippen LogP contribution in [-0.4, -0.2) is 11.1 Å². The number of hydrogen-bond donors (Lipinski definition) is 1. The molecule has 0 fully saturated rings. The molecule has 1 atom stereocenters. The summed E-state index contributed by atoms with van der Waals surface area (Å²) in [5.74, 6) is -3.41. The summed E-state index contributed by atoms with van der Waals surface area (Å²) < 4.78 is 25.2. The van der Waals surface area contributed by atoms with E-state index < -0.39 is 23.5 Å². The Balaban J connectivity index is 2.78. The molecule has 0 aliphatic carbocycles. The van der Waals surface area contributed by atoms with Crippen molar-refractivity contribution in [2.75, 3.05) is 0 Å². The van der Waals surface area contributed by atoms with Gasteiger partial charge in [-0.1, -0.05) is 13.0 Å². The maximum atomic E-state index is 12.7. The van der Waals surface area contributed by atoms with Gasteiger partial charge >= 0.3 is 5.97 Å². The van der Waals surface area contributed by atoms with Crippen LogP contribution in [-0.2, 0) is 11.2 Å². The van der Waals surface area contributed by atoms with E-state index in [9.17, 15) is 13.6 Å². The summed E-state index contributed by atoms with van der Waals surface area (Å²) in [5, 5.41) is 8.60. The van der Waals surface area contributed by atoms with Crippen molar-refractivity contribution in [1.82, 2.24) is 0 Å². The second-order valence-corrected chi connectivity index (χ2v) is 3.19. The molecule has 1 rings (SSSR count). The molecule has 0 amide bonds. The maximum absolute atomic E-state index is 12.7. The van der Waals surface area contributed by atoms with Gasteiger partial charge in [-0.15, -0.1) is 0 Å². The normalized spacial score (nSPS) is 12.5. The first-order valence-corrected chi connectivity index (χ1v) is 4.17. The SMILES string of the molecule is C[C@H](Cc1ccc(F)c(F)c1)C(=O)O. The molecule has 0 saturated carbocycles. The molecular formula is C10H10F2O2. The second-order valence-electron chi connectivity index (χ2n) is 3.19. The molecule has 0 spiro atoms. The molecule has 0 bridgehead atoms. The summed E-state index contributed by atoms with van der Waals surface area (Å²) in [6.07, 6.45) is 0.201. The Labute approximate surface area is 80.2 Å². The van der Waals surface area contributed by atoms with Crippen LogP contribution in [0.5, 0.6) is 0 Å². The van der Waals surface area contributed by atoms with Crippen LogP contribution in [0, 0.1) is 17.6 Å². The second kappa shape index (κ2) is 4.17. The lowest BCUT2D eigenvalue weighted by atomic mass is 10.0. The fraction of sp³-hybridized carbons (Fsp3) is 0.300. The van der Waals surface area contributed by atoms with Crippen molar-refractivity contribution in [3.63, 3.8) is 0 Å². The zero-order valence-electron chi connectivity index (χ0n) is 7.63. The number of hydrogen-bond acceptors (Lipinski definition) is 1.